The lowest BCUT2D eigenvalue weighted by Crippen LogP contribution is -2.35. The number of amides is 2. The number of rotatable bonds is 5. The van der Waals surface area contributed by atoms with Crippen LogP contribution in [0.15, 0.2) is 59.1 Å². The van der Waals surface area contributed by atoms with Crippen LogP contribution in [0.3, 0.4) is 0 Å². The summed E-state index contributed by atoms with van der Waals surface area (Å²) in [6.07, 6.45) is 0. The third kappa shape index (κ3) is 5.13. The van der Waals surface area contributed by atoms with E-state index >= 15 is 0 Å². The monoisotopic (exact) mass is 471 g/mol. The number of hydrogen-bond acceptors (Lipinski definition) is 6. The molecule has 0 atom stereocenters. The Balaban J connectivity index is 1.33. The van der Waals surface area contributed by atoms with Crippen molar-refractivity contribution < 1.29 is 14.1 Å². The van der Waals surface area contributed by atoms with Crippen molar-refractivity contribution in [3.8, 4) is 11.1 Å². The third-order valence-electron chi connectivity index (χ3n) is 6.16. The summed E-state index contributed by atoms with van der Waals surface area (Å²) in [6.45, 7) is 8.02. The largest absolute Gasteiger partial charge is 0.380 e. The van der Waals surface area contributed by atoms with Gasteiger partial charge in [-0.25, -0.2) is 4.79 Å². The van der Waals surface area contributed by atoms with Crippen molar-refractivity contribution >= 4 is 34.2 Å². The first-order valence-electron chi connectivity index (χ1n) is 11.7. The number of ether oxygens (including phenoxy) is 1. The predicted molar refractivity (Wildman–Crippen MR) is 139 cm³/mol. The lowest BCUT2D eigenvalue weighted by Gasteiger charge is -2.26. The zero-order chi connectivity index (χ0) is 24.4. The number of hydrogen-bond donors (Lipinski definition) is 3. The van der Waals surface area contributed by atoms with E-state index in [0.717, 1.165) is 71.7 Å². The number of aryl methyl sites for hydroxylation is 2. The Morgan fingerprint density at radius 3 is 2.37 bits per heavy atom. The van der Waals surface area contributed by atoms with Crippen LogP contribution in [-0.4, -0.2) is 42.4 Å². The lowest BCUT2D eigenvalue weighted by molar-refractivity contribution is 0.0342. The van der Waals surface area contributed by atoms with Crippen molar-refractivity contribution in [1.29, 1.82) is 0 Å². The first-order valence-corrected chi connectivity index (χ1v) is 11.7. The maximum atomic E-state index is 12.5. The van der Waals surface area contributed by atoms with Crippen LogP contribution in [0.25, 0.3) is 22.1 Å². The van der Waals surface area contributed by atoms with Crippen LogP contribution < -0.4 is 16.4 Å². The minimum atomic E-state index is -0.291. The molecule has 0 unspecified atom stereocenters. The third-order valence-corrected chi connectivity index (χ3v) is 6.16. The lowest BCUT2D eigenvalue weighted by atomic mass is 9.98. The van der Waals surface area contributed by atoms with E-state index in [1.165, 1.54) is 0 Å². The van der Waals surface area contributed by atoms with Gasteiger partial charge >= 0.3 is 6.03 Å². The van der Waals surface area contributed by atoms with E-state index in [-0.39, 0.29) is 6.03 Å². The van der Waals surface area contributed by atoms with Gasteiger partial charge in [0.05, 0.1) is 18.6 Å². The van der Waals surface area contributed by atoms with Gasteiger partial charge in [0.1, 0.15) is 0 Å². The Bertz CT molecular complexity index is 1340. The van der Waals surface area contributed by atoms with Gasteiger partial charge in [0.15, 0.2) is 11.4 Å². The van der Waals surface area contributed by atoms with E-state index in [0.29, 0.717) is 17.1 Å². The summed E-state index contributed by atoms with van der Waals surface area (Å²) in [5.74, 6) is 0.369. The minimum Gasteiger partial charge on any atom is -0.380 e. The smallest absolute Gasteiger partial charge is 0.323 e. The number of carbonyl (C=O) groups is 1. The number of morpholine rings is 1. The SMILES string of the molecule is Cc1cc(C)cc(NC(=O)Nc2ccc(-c3ccc(CN4CCOCC4)c4onc(N)c34)cc2)c1. The summed E-state index contributed by atoms with van der Waals surface area (Å²) in [5, 5.41) is 10.6. The molecule has 2 amide bonds. The number of carbonyl (C=O) groups excluding carboxylic acids is 1. The molecule has 1 fully saturated rings. The molecular formula is C27H29N5O3. The quantitative estimate of drug-likeness (QED) is 0.371. The molecule has 0 aliphatic carbocycles. The van der Waals surface area contributed by atoms with Crippen molar-refractivity contribution in [3.05, 3.63) is 71.3 Å². The molecule has 5 rings (SSSR count). The number of benzene rings is 3. The van der Waals surface area contributed by atoms with Gasteiger partial charge < -0.3 is 25.6 Å². The number of nitrogen functional groups attached to an aromatic ring is 1. The first-order chi connectivity index (χ1) is 17.0. The molecule has 0 bridgehead atoms. The van der Waals surface area contributed by atoms with E-state index in [1.807, 2.05) is 50.2 Å². The van der Waals surface area contributed by atoms with Crippen molar-refractivity contribution in [2.75, 3.05) is 42.7 Å². The highest BCUT2D eigenvalue weighted by atomic mass is 16.5. The van der Waals surface area contributed by atoms with Gasteiger partial charge in [-0.1, -0.05) is 35.5 Å². The fraction of sp³-hybridized carbons (Fsp3) is 0.259. The van der Waals surface area contributed by atoms with E-state index in [2.05, 4.69) is 38.9 Å². The first kappa shape index (κ1) is 22.9. The molecule has 180 valence electrons. The van der Waals surface area contributed by atoms with Crippen molar-refractivity contribution in [2.24, 2.45) is 0 Å². The zero-order valence-electron chi connectivity index (χ0n) is 19.9. The number of aromatic nitrogens is 1. The molecule has 4 N–H and O–H groups in total. The standard InChI is InChI=1S/C27H29N5O3/c1-17-13-18(2)15-22(14-17)30-27(33)29-21-6-3-19(4-7-21)23-8-5-20(16-32-9-11-34-12-10-32)25-24(23)26(28)31-35-25/h3-8,13-15H,9-12,16H2,1-2H3,(H2,28,31)(H2,29,30,33). The Labute approximate surface area is 204 Å². The number of nitrogens with zero attached hydrogens (tertiary/aromatic N) is 2. The van der Waals surface area contributed by atoms with Crippen molar-refractivity contribution in [3.63, 3.8) is 0 Å². The molecule has 1 saturated heterocycles. The van der Waals surface area contributed by atoms with Crippen LogP contribution in [0.4, 0.5) is 22.0 Å². The number of nitrogens with two attached hydrogens (primary N) is 1. The number of fused-ring (bicyclic) bond motifs is 1. The Morgan fingerprint density at radius 2 is 1.66 bits per heavy atom. The second-order valence-electron chi connectivity index (χ2n) is 8.97. The number of nitrogens with one attached hydrogen (secondary N) is 2. The Kier molecular flexibility index (Phi) is 6.39. The van der Waals surface area contributed by atoms with Crippen LogP contribution in [0, 0.1) is 13.8 Å². The molecule has 35 heavy (non-hydrogen) atoms. The summed E-state index contributed by atoms with van der Waals surface area (Å²) in [6, 6.07) is 17.4. The predicted octanol–water partition coefficient (Wildman–Crippen LogP) is 5.17. The topological polar surface area (TPSA) is 106 Å². The van der Waals surface area contributed by atoms with Gasteiger partial charge in [-0.15, -0.1) is 0 Å². The van der Waals surface area contributed by atoms with E-state index in [1.54, 1.807) is 0 Å². The summed E-state index contributed by atoms with van der Waals surface area (Å²) in [5.41, 5.74) is 13.5. The second kappa shape index (κ2) is 9.77. The van der Waals surface area contributed by atoms with Gasteiger partial charge in [0.25, 0.3) is 0 Å². The molecule has 0 spiro atoms. The van der Waals surface area contributed by atoms with Crippen molar-refractivity contribution in [1.82, 2.24) is 10.1 Å². The van der Waals surface area contributed by atoms with E-state index in [9.17, 15) is 4.79 Å². The fourth-order valence-electron chi connectivity index (χ4n) is 4.56. The summed E-state index contributed by atoms with van der Waals surface area (Å²) in [7, 11) is 0. The van der Waals surface area contributed by atoms with Gasteiger partial charge in [-0.05, 0) is 60.4 Å². The number of anilines is 3. The fourth-order valence-corrected chi connectivity index (χ4v) is 4.56. The maximum absolute atomic E-state index is 12.5. The van der Waals surface area contributed by atoms with E-state index in [4.69, 9.17) is 15.0 Å². The summed E-state index contributed by atoms with van der Waals surface area (Å²) >= 11 is 0. The minimum absolute atomic E-state index is 0.291. The Hall–Kier alpha value is -3.88. The van der Waals surface area contributed by atoms with Gasteiger partial charge in [-0.3, -0.25) is 4.90 Å². The zero-order valence-corrected chi connectivity index (χ0v) is 19.9. The average molecular weight is 472 g/mol. The molecule has 1 aliphatic rings. The molecular weight excluding hydrogens is 442 g/mol. The van der Waals surface area contributed by atoms with Gasteiger partial charge in [-0.2, -0.15) is 0 Å². The van der Waals surface area contributed by atoms with Crippen LogP contribution in [0.1, 0.15) is 16.7 Å². The number of urea groups is 1. The molecule has 0 saturated carbocycles. The van der Waals surface area contributed by atoms with Crippen molar-refractivity contribution in [2.45, 2.75) is 20.4 Å². The molecule has 8 nitrogen and oxygen atoms in total. The molecule has 4 aromatic rings. The molecule has 2 heterocycles. The highest BCUT2D eigenvalue weighted by molar-refractivity contribution is 6.03. The highest BCUT2D eigenvalue weighted by Crippen LogP contribution is 2.35. The highest BCUT2D eigenvalue weighted by Gasteiger charge is 2.19. The maximum Gasteiger partial charge on any atom is 0.323 e. The average Bonchev–Trinajstić information content (AvgIpc) is 3.22. The Morgan fingerprint density at radius 1 is 0.971 bits per heavy atom. The molecule has 1 aliphatic heterocycles. The molecule has 8 heteroatoms. The van der Waals surface area contributed by atoms with Crippen LogP contribution in [0.5, 0.6) is 0 Å². The molecule has 0 radical (unpaired) electrons. The second-order valence-corrected chi connectivity index (χ2v) is 8.97. The normalized spacial score (nSPS) is 14.2. The van der Waals surface area contributed by atoms with Crippen LogP contribution in [0.2, 0.25) is 0 Å². The molecule has 3 aromatic carbocycles. The van der Waals surface area contributed by atoms with E-state index < -0.39 is 0 Å². The summed E-state index contributed by atoms with van der Waals surface area (Å²) in [4.78, 5) is 14.8. The van der Waals surface area contributed by atoms with Gasteiger partial charge in [0.2, 0.25) is 0 Å². The van der Waals surface area contributed by atoms with Crippen LogP contribution >= 0.6 is 0 Å². The molecule has 1 aromatic heterocycles. The van der Waals surface area contributed by atoms with Gasteiger partial charge in [0, 0.05) is 36.6 Å². The summed E-state index contributed by atoms with van der Waals surface area (Å²) < 4.78 is 11.1. The van der Waals surface area contributed by atoms with Crippen LogP contribution in [-0.2, 0) is 11.3 Å².